The third-order valence-corrected chi connectivity index (χ3v) is 2.85. The zero-order valence-electron chi connectivity index (χ0n) is 9.98. The van der Waals surface area contributed by atoms with Crippen molar-refractivity contribution in [2.45, 2.75) is 6.92 Å². The smallest absolute Gasteiger partial charge is 0.249 e. The zero-order valence-corrected chi connectivity index (χ0v) is 11.6. The van der Waals surface area contributed by atoms with E-state index in [9.17, 15) is 0 Å². The van der Waals surface area contributed by atoms with Gasteiger partial charge >= 0.3 is 0 Å². The molecule has 2 N–H and O–H groups in total. The lowest BCUT2D eigenvalue weighted by molar-refractivity contribution is 0.391. The second-order valence-corrected chi connectivity index (χ2v) is 4.53. The number of benzene rings is 1. The van der Waals surface area contributed by atoms with Crippen LogP contribution in [0.2, 0.25) is 0 Å². The third kappa shape index (κ3) is 2.53. The topological polar surface area (TPSA) is 70.3 Å². The van der Waals surface area contributed by atoms with Gasteiger partial charge in [0.1, 0.15) is 12.1 Å². The summed E-state index contributed by atoms with van der Waals surface area (Å²) in [5.41, 5.74) is 7.10. The standard InChI is InChI=1S/C12H12BrN3O2/c1-7-3-4-8(13)5-9(7)18-12-10(14)11(17-2)15-6-16-12/h3-6H,14H2,1-2H3. The van der Waals surface area contributed by atoms with Gasteiger partial charge in [0.2, 0.25) is 11.8 Å². The predicted octanol–water partition coefficient (Wildman–Crippen LogP) is 2.93. The van der Waals surface area contributed by atoms with Crippen LogP contribution in [0.3, 0.4) is 0 Å². The monoisotopic (exact) mass is 309 g/mol. The summed E-state index contributed by atoms with van der Waals surface area (Å²) in [5.74, 6) is 1.26. The van der Waals surface area contributed by atoms with E-state index >= 15 is 0 Å². The SMILES string of the molecule is COc1ncnc(Oc2cc(Br)ccc2C)c1N. The molecule has 0 radical (unpaired) electrons. The zero-order chi connectivity index (χ0) is 13.1. The summed E-state index contributed by atoms with van der Waals surface area (Å²) in [6.07, 6.45) is 1.35. The molecule has 2 rings (SSSR count). The van der Waals surface area contributed by atoms with Gasteiger partial charge < -0.3 is 15.2 Å². The second-order valence-electron chi connectivity index (χ2n) is 3.61. The largest absolute Gasteiger partial charge is 0.479 e. The highest BCUT2D eigenvalue weighted by Gasteiger charge is 2.11. The van der Waals surface area contributed by atoms with Crippen molar-refractivity contribution >= 4 is 21.6 Å². The number of nitrogen functional groups attached to an aromatic ring is 1. The van der Waals surface area contributed by atoms with Crippen LogP contribution in [-0.2, 0) is 0 Å². The Kier molecular flexibility index (Phi) is 3.66. The van der Waals surface area contributed by atoms with E-state index in [1.54, 1.807) is 0 Å². The first-order chi connectivity index (χ1) is 8.61. The normalized spacial score (nSPS) is 10.2. The summed E-state index contributed by atoms with van der Waals surface area (Å²) < 4.78 is 11.6. The Labute approximate surface area is 113 Å². The average molecular weight is 310 g/mol. The van der Waals surface area contributed by atoms with E-state index in [0.29, 0.717) is 11.6 Å². The molecule has 0 aliphatic heterocycles. The van der Waals surface area contributed by atoms with Crippen LogP contribution in [0.25, 0.3) is 0 Å². The highest BCUT2D eigenvalue weighted by molar-refractivity contribution is 9.10. The van der Waals surface area contributed by atoms with Crippen LogP contribution >= 0.6 is 15.9 Å². The highest BCUT2D eigenvalue weighted by Crippen LogP contribution is 2.32. The minimum atomic E-state index is 0.277. The maximum absolute atomic E-state index is 5.84. The lowest BCUT2D eigenvalue weighted by atomic mass is 10.2. The fraction of sp³-hybridized carbons (Fsp3) is 0.167. The molecule has 0 bridgehead atoms. The molecule has 0 saturated carbocycles. The van der Waals surface area contributed by atoms with E-state index in [-0.39, 0.29) is 11.6 Å². The summed E-state index contributed by atoms with van der Waals surface area (Å²) in [4.78, 5) is 7.89. The first kappa shape index (κ1) is 12.6. The lowest BCUT2D eigenvalue weighted by Gasteiger charge is -2.11. The van der Waals surface area contributed by atoms with Crippen LogP contribution in [0.15, 0.2) is 29.0 Å². The number of anilines is 1. The summed E-state index contributed by atoms with van der Waals surface area (Å²) in [5, 5.41) is 0. The van der Waals surface area contributed by atoms with Crippen molar-refractivity contribution in [3.05, 3.63) is 34.6 Å². The average Bonchev–Trinajstić information content (AvgIpc) is 2.36. The first-order valence-electron chi connectivity index (χ1n) is 5.20. The Hall–Kier alpha value is -1.82. The van der Waals surface area contributed by atoms with Crippen molar-refractivity contribution in [3.63, 3.8) is 0 Å². The molecule has 0 unspecified atom stereocenters. The molecule has 1 aromatic carbocycles. The number of rotatable bonds is 3. The number of hydrogen-bond acceptors (Lipinski definition) is 5. The summed E-state index contributed by atoms with van der Waals surface area (Å²) in [6, 6.07) is 5.73. The molecule has 6 heteroatoms. The molecule has 0 fully saturated rings. The molecular formula is C12H12BrN3O2. The fourth-order valence-corrected chi connectivity index (χ4v) is 1.74. The van der Waals surface area contributed by atoms with Crippen molar-refractivity contribution in [2.75, 3.05) is 12.8 Å². The van der Waals surface area contributed by atoms with Gasteiger partial charge in [0.05, 0.1) is 7.11 Å². The van der Waals surface area contributed by atoms with E-state index in [0.717, 1.165) is 10.0 Å². The van der Waals surface area contributed by atoms with E-state index in [1.807, 2.05) is 25.1 Å². The molecule has 2 aromatic rings. The van der Waals surface area contributed by atoms with Gasteiger partial charge in [-0.25, -0.2) is 0 Å². The van der Waals surface area contributed by atoms with Crippen molar-refractivity contribution in [1.29, 1.82) is 0 Å². The van der Waals surface area contributed by atoms with Gasteiger partial charge in [0, 0.05) is 4.47 Å². The molecule has 0 atom stereocenters. The van der Waals surface area contributed by atoms with Crippen LogP contribution in [0, 0.1) is 6.92 Å². The van der Waals surface area contributed by atoms with Crippen LogP contribution in [0.5, 0.6) is 17.5 Å². The van der Waals surface area contributed by atoms with Crippen molar-refractivity contribution in [1.82, 2.24) is 9.97 Å². The lowest BCUT2D eigenvalue weighted by Crippen LogP contribution is -2.01. The highest BCUT2D eigenvalue weighted by atomic mass is 79.9. The number of hydrogen-bond donors (Lipinski definition) is 1. The molecule has 0 amide bonds. The summed E-state index contributed by atoms with van der Waals surface area (Å²) in [7, 11) is 1.49. The minimum absolute atomic E-state index is 0.277. The molecule has 0 saturated heterocycles. The Bertz CT molecular complexity index is 575. The fourth-order valence-electron chi connectivity index (χ4n) is 1.40. The number of methoxy groups -OCH3 is 1. The number of nitrogens with zero attached hydrogens (tertiary/aromatic N) is 2. The van der Waals surface area contributed by atoms with Crippen molar-refractivity contribution < 1.29 is 9.47 Å². The molecular weight excluding hydrogens is 298 g/mol. The molecule has 94 valence electrons. The molecule has 0 aliphatic rings. The van der Waals surface area contributed by atoms with Gasteiger partial charge in [-0.1, -0.05) is 22.0 Å². The van der Waals surface area contributed by atoms with Crippen LogP contribution in [-0.4, -0.2) is 17.1 Å². The molecule has 1 aromatic heterocycles. The number of halogens is 1. The first-order valence-corrected chi connectivity index (χ1v) is 5.99. The van der Waals surface area contributed by atoms with Crippen LogP contribution < -0.4 is 15.2 Å². The van der Waals surface area contributed by atoms with Crippen LogP contribution in [0.4, 0.5) is 5.69 Å². The van der Waals surface area contributed by atoms with Gasteiger partial charge in [-0.05, 0) is 24.6 Å². The molecule has 5 nitrogen and oxygen atoms in total. The van der Waals surface area contributed by atoms with Gasteiger partial charge in [0.25, 0.3) is 0 Å². The minimum Gasteiger partial charge on any atom is -0.479 e. The molecule has 0 spiro atoms. The third-order valence-electron chi connectivity index (χ3n) is 2.36. The number of aromatic nitrogens is 2. The maximum Gasteiger partial charge on any atom is 0.249 e. The Morgan fingerprint density at radius 2 is 1.94 bits per heavy atom. The Balaban J connectivity index is 2.37. The van der Waals surface area contributed by atoms with E-state index < -0.39 is 0 Å². The van der Waals surface area contributed by atoms with Gasteiger partial charge in [0.15, 0.2) is 5.69 Å². The molecule has 18 heavy (non-hydrogen) atoms. The second kappa shape index (κ2) is 5.22. The Morgan fingerprint density at radius 1 is 1.22 bits per heavy atom. The summed E-state index contributed by atoms with van der Waals surface area (Å²) >= 11 is 3.39. The summed E-state index contributed by atoms with van der Waals surface area (Å²) in [6.45, 7) is 1.94. The van der Waals surface area contributed by atoms with E-state index in [1.165, 1.54) is 13.4 Å². The Morgan fingerprint density at radius 3 is 2.67 bits per heavy atom. The van der Waals surface area contributed by atoms with Gasteiger partial charge in [-0.15, -0.1) is 0 Å². The van der Waals surface area contributed by atoms with Crippen molar-refractivity contribution in [3.8, 4) is 17.5 Å². The maximum atomic E-state index is 5.84. The van der Waals surface area contributed by atoms with E-state index in [4.69, 9.17) is 15.2 Å². The number of ether oxygens (including phenoxy) is 2. The quantitative estimate of drug-likeness (QED) is 0.944. The van der Waals surface area contributed by atoms with Crippen molar-refractivity contribution in [2.24, 2.45) is 0 Å². The predicted molar refractivity (Wildman–Crippen MR) is 71.9 cm³/mol. The molecule has 0 aliphatic carbocycles. The van der Waals surface area contributed by atoms with Crippen LogP contribution in [0.1, 0.15) is 5.56 Å². The van der Waals surface area contributed by atoms with Gasteiger partial charge in [-0.2, -0.15) is 9.97 Å². The van der Waals surface area contributed by atoms with Gasteiger partial charge in [-0.3, -0.25) is 0 Å². The number of nitrogens with two attached hydrogens (primary N) is 1. The molecule has 1 heterocycles. The number of aryl methyl sites for hydroxylation is 1. The van der Waals surface area contributed by atoms with E-state index in [2.05, 4.69) is 25.9 Å².